The number of Topliss-reactive ketones (excluding diaryl/α,β-unsaturated/α-hetero) is 2. The van der Waals surface area contributed by atoms with Crippen LogP contribution >= 0.6 is 0 Å². The number of carbonyl (C=O) groups excluding carboxylic acids is 3. The van der Waals surface area contributed by atoms with E-state index in [1.54, 1.807) is 68.6 Å². The van der Waals surface area contributed by atoms with Crippen molar-refractivity contribution < 1.29 is 37.1 Å². The standard InChI is InChI=1S/C19H20O5.C11H10O3.C2H6/c1-11-10-22-18(16-9-15(12(2)20)13(3)23-16)17(11)24-19(21)14-7-5-4-6-8-14;1-7(12)9-6-11(14-8(9)2)10-4-3-5-13-10;1-2/h4-9,11,17-18H,10H2,1-3H3;3-6H,1-2H3;1-2H3. The summed E-state index contributed by atoms with van der Waals surface area (Å²) in [6.07, 6.45) is 0.614. The molecule has 8 nitrogen and oxygen atoms in total. The molecule has 40 heavy (non-hydrogen) atoms. The van der Waals surface area contributed by atoms with Gasteiger partial charge < -0.3 is 22.7 Å². The van der Waals surface area contributed by atoms with Gasteiger partial charge in [-0.25, -0.2) is 4.79 Å². The second kappa shape index (κ2) is 13.8. The molecule has 8 heteroatoms. The summed E-state index contributed by atoms with van der Waals surface area (Å²) >= 11 is 0. The van der Waals surface area contributed by atoms with E-state index in [4.69, 9.17) is 22.7 Å². The Morgan fingerprint density at radius 1 is 0.825 bits per heavy atom. The fraction of sp³-hybridized carbons (Fsp3) is 0.344. The van der Waals surface area contributed by atoms with Crippen LogP contribution in [-0.4, -0.2) is 30.2 Å². The Hall–Kier alpha value is -4.17. The third kappa shape index (κ3) is 7.07. The molecule has 3 atom stereocenters. The third-order valence-electron chi connectivity index (χ3n) is 6.31. The van der Waals surface area contributed by atoms with E-state index in [-0.39, 0.29) is 17.5 Å². The number of furan rings is 3. The lowest BCUT2D eigenvalue weighted by Crippen LogP contribution is -2.26. The van der Waals surface area contributed by atoms with E-state index in [2.05, 4.69) is 0 Å². The van der Waals surface area contributed by atoms with Crippen molar-refractivity contribution in [3.05, 3.63) is 94.8 Å². The van der Waals surface area contributed by atoms with E-state index in [1.165, 1.54) is 13.8 Å². The summed E-state index contributed by atoms with van der Waals surface area (Å²) in [5, 5.41) is 0. The molecule has 1 aromatic carbocycles. The maximum Gasteiger partial charge on any atom is 0.338 e. The van der Waals surface area contributed by atoms with Crippen molar-refractivity contribution in [1.29, 1.82) is 0 Å². The Morgan fingerprint density at radius 2 is 1.45 bits per heavy atom. The van der Waals surface area contributed by atoms with E-state index in [0.717, 1.165) is 0 Å². The maximum atomic E-state index is 12.3. The van der Waals surface area contributed by atoms with Gasteiger partial charge >= 0.3 is 5.97 Å². The van der Waals surface area contributed by atoms with Crippen LogP contribution in [0.2, 0.25) is 0 Å². The number of ketones is 2. The van der Waals surface area contributed by atoms with Crippen LogP contribution in [0.3, 0.4) is 0 Å². The fourth-order valence-corrected chi connectivity index (χ4v) is 4.30. The first kappa shape index (κ1) is 30.4. The molecule has 1 aliphatic heterocycles. The van der Waals surface area contributed by atoms with Gasteiger partial charge in [-0.1, -0.05) is 39.0 Å². The minimum Gasteiger partial charge on any atom is -0.463 e. The van der Waals surface area contributed by atoms with Crippen LogP contribution in [0.15, 0.2) is 74.1 Å². The van der Waals surface area contributed by atoms with Crippen LogP contribution < -0.4 is 0 Å². The molecule has 0 radical (unpaired) electrons. The van der Waals surface area contributed by atoms with Crippen molar-refractivity contribution in [3.63, 3.8) is 0 Å². The highest BCUT2D eigenvalue weighted by molar-refractivity contribution is 5.96. The van der Waals surface area contributed by atoms with Gasteiger partial charge in [-0.15, -0.1) is 0 Å². The Morgan fingerprint density at radius 3 is 2.00 bits per heavy atom. The molecule has 1 saturated heterocycles. The number of benzene rings is 1. The summed E-state index contributed by atoms with van der Waals surface area (Å²) in [5.41, 5.74) is 1.63. The van der Waals surface area contributed by atoms with Crippen molar-refractivity contribution in [2.45, 2.75) is 60.7 Å². The summed E-state index contributed by atoms with van der Waals surface area (Å²) in [6.45, 7) is 12.9. The molecule has 0 aliphatic carbocycles. The largest absolute Gasteiger partial charge is 0.463 e. The molecule has 4 heterocycles. The van der Waals surface area contributed by atoms with E-state index >= 15 is 0 Å². The Balaban J connectivity index is 0.000000234. The molecule has 3 aromatic heterocycles. The zero-order valence-electron chi connectivity index (χ0n) is 24.0. The number of aryl methyl sites for hydroxylation is 2. The average molecular weight is 549 g/mol. The molecule has 1 aliphatic rings. The first-order valence-electron chi connectivity index (χ1n) is 13.3. The fourth-order valence-electron chi connectivity index (χ4n) is 4.30. The Kier molecular flexibility index (Phi) is 10.4. The normalized spacial score (nSPS) is 17.7. The topological polar surface area (TPSA) is 109 Å². The van der Waals surface area contributed by atoms with E-state index < -0.39 is 18.2 Å². The molecule has 0 amide bonds. The van der Waals surface area contributed by atoms with Crippen LogP contribution in [0.25, 0.3) is 11.5 Å². The highest BCUT2D eigenvalue weighted by atomic mass is 16.6. The highest BCUT2D eigenvalue weighted by Crippen LogP contribution is 2.37. The molecule has 212 valence electrons. The minimum atomic E-state index is -0.500. The van der Waals surface area contributed by atoms with Crippen LogP contribution in [0, 0.1) is 19.8 Å². The lowest BCUT2D eigenvalue weighted by molar-refractivity contribution is -0.0113. The first-order chi connectivity index (χ1) is 19.2. The molecule has 0 bridgehead atoms. The highest BCUT2D eigenvalue weighted by Gasteiger charge is 2.41. The SMILES string of the molecule is CC.CC(=O)c1cc(-c2ccco2)oc1C.CC(=O)c1cc(C2OCC(C)C2OC(=O)c2ccccc2)oc1C. The molecule has 5 rings (SSSR count). The molecule has 4 aromatic rings. The zero-order chi connectivity index (χ0) is 29.4. The smallest absolute Gasteiger partial charge is 0.338 e. The van der Waals surface area contributed by atoms with Gasteiger partial charge in [0.25, 0.3) is 0 Å². The summed E-state index contributed by atoms with van der Waals surface area (Å²) < 4.78 is 27.7. The van der Waals surface area contributed by atoms with Gasteiger partial charge in [0, 0.05) is 5.92 Å². The number of carbonyl (C=O) groups is 3. The van der Waals surface area contributed by atoms with E-state index in [1.807, 2.05) is 26.8 Å². The van der Waals surface area contributed by atoms with Crippen LogP contribution in [-0.2, 0) is 9.47 Å². The quantitative estimate of drug-likeness (QED) is 0.177. The second-order valence-electron chi connectivity index (χ2n) is 9.26. The minimum absolute atomic E-state index is 0.00376. The van der Waals surface area contributed by atoms with Crippen molar-refractivity contribution in [1.82, 2.24) is 0 Å². The summed E-state index contributed by atoms with van der Waals surface area (Å²) in [7, 11) is 0. The predicted molar refractivity (Wildman–Crippen MR) is 149 cm³/mol. The van der Waals surface area contributed by atoms with Gasteiger partial charge in [0.1, 0.15) is 23.4 Å². The number of ether oxygens (including phenoxy) is 2. The van der Waals surface area contributed by atoms with Gasteiger partial charge in [0.15, 0.2) is 29.2 Å². The van der Waals surface area contributed by atoms with Crippen LogP contribution in [0.1, 0.15) is 89.1 Å². The van der Waals surface area contributed by atoms with Crippen molar-refractivity contribution in [2.75, 3.05) is 6.61 Å². The van der Waals surface area contributed by atoms with Gasteiger partial charge in [0.05, 0.1) is 29.6 Å². The van der Waals surface area contributed by atoms with Crippen molar-refractivity contribution >= 4 is 17.5 Å². The summed E-state index contributed by atoms with van der Waals surface area (Å²) in [6, 6.07) is 15.8. The molecule has 0 spiro atoms. The molecule has 0 N–H and O–H groups in total. The average Bonchev–Trinajstić information content (AvgIpc) is 3.74. The molecule has 3 unspecified atom stereocenters. The lowest BCUT2D eigenvalue weighted by Gasteiger charge is -2.20. The van der Waals surface area contributed by atoms with Crippen molar-refractivity contribution in [3.8, 4) is 11.5 Å². The van der Waals surface area contributed by atoms with E-state index in [9.17, 15) is 14.4 Å². The second-order valence-corrected chi connectivity index (χ2v) is 9.26. The molecular weight excluding hydrogens is 512 g/mol. The van der Waals surface area contributed by atoms with Gasteiger partial charge in [-0.3, -0.25) is 9.59 Å². The predicted octanol–water partition coefficient (Wildman–Crippen LogP) is 7.80. The summed E-state index contributed by atoms with van der Waals surface area (Å²) in [4.78, 5) is 35.1. The Bertz CT molecular complexity index is 1410. The maximum absolute atomic E-state index is 12.3. The number of rotatable bonds is 6. The van der Waals surface area contributed by atoms with Crippen molar-refractivity contribution in [2.24, 2.45) is 5.92 Å². The number of hydrogen-bond donors (Lipinski definition) is 0. The first-order valence-corrected chi connectivity index (χ1v) is 13.3. The lowest BCUT2D eigenvalue weighted by atomic mass is 10.0. The number of hydrogen-bond acceptors (Lipinski definition) is 8. The third-order valence-corrected chi connectivity index (χ3v) is 6.31. The van der Waals surface area contributed by atoms with E-state index in [0.29, 0.717) is 52.1 Å². The van der Waals surface area contributed by atoms with Gasteiger partial charge in [-0.05, 0) is 64.1 Å². The van der Waals surface area contributed by atoms with Gasteiger partial charge in [0.2, 0.25) is 0 Å². The molecule has 1 fully saturated rings. The monoisotopic (exact) mass is 548 g/mol. The molecule has 0 saturated carbocycles. The van der Waals surface area contributed by atoms with Crippen LogP contribution in [0.5, 0.6) is 0 Å². The Labute approximate surface area is 234 Å². The zero-order valence-corrected chi connectivity index (χ0v) is 24.0. The molecular formula is C32H36O8. The van der Waals surface area contributed by atoms with Gasteiger partial charge in [-0.2, -0.15) is 0 Å². The summed E-state index contributed by atoms with van der Waals surface area (Å²) in [5.74, 6) is 2.52. The number of esters is 1. The van der Waals surface area contributed by atoms with Crippen LogP contribution in [0.4, 0.5) is 0 Å².